The molecule has 1 aliphatic heterocycles. The number of fused-ring (bicyclic) bond motifs is 13. The molecule has 0 fully saturated rings. The van der Waals surface area contributed by atoms with Crippen LogP contribution in [0.5, 0.6) is 0 Å². The van der Waals surface area contributed by atoms with Crippen LogP contribution >= 0.6 is 19.4 Å². The van der Waals surface area contributed by atoms with Gasteiger partial charge in [0.05, 0.1) is 26.3 Å². The highest BCUT2D eigenvalue weighted by atomic mass is 32.1. The van der Waals surface area contributed by atoms with Gasteiger partial charge in [-0.1, -0.05) is 158 Å². The Bertz CT molecular complexity index is 3050. The van der Waals surface area contributed by atoms with Crippen molar-refractivity contribution < 1.29 is 1.37 Å². The Kier molecular flexibility index (Phi) is 6.17. The van der Waals surface area contributed by atoms with Gasteiger partial charge in [-0.05, 0) is 28.3 Å². The second-order valence-corrected chi connectivity index (χ2v) is 15.9. The van der Waals surface area contributed by atoms with Crippen molar-refractivity contribution in [3.8, 4) is 22.4 Å². The van der Waals surface area contributed by atoms with E-state index in [1.807, 2.05) is 23.5 Å². The Morgan fingerprint density at radius 2 is 1.20 bits per heavy atom. The lowest BCUT2D eigenvalue weighted by molar-refractivity contribution is 1.17. The van der Waals surface area contributed by atoms with E-state index in [0.717, 1.165) is 60.4 Å². The summed E-state index contributed by atoms with van der Waals surface area (Å²) in [6, 6.07) is 58.2. The molecule has 51 heavy (non-hydrogen) atoms. The van der Waals surface area contributed by atoms with Crippen LogP contribution in [-0.4, -0.2) is 9.97 Å². The van der Waals surface area contributed by atoms with Crippen molar-refractivity contribution in [1.29, 1.82) is 0 Å². The van der Waals surface area contributed by atoms with Gasteiger partial charge in [-0.2, -0.15) is 0 Å². The van der Waals surface area contributed by atoms with E-state index in [2.05, 4.69) is 156 Å². The second kappa shape index (κ2) is 11.3. The molecule has 1 atom stereocenters. The van der Waals surface area contributed by atoms with Crippen LogP contribution in [0.25, 0.3) is 75.0 Å². The first-order valence-corrected chi connectivity index (χ1v) is 19.2. The zero-order chi connectivity index (χ0) is 34.3. The van der Waals surface area contributed by atoms with Crippen LogP contribution in [0.15, 0.2) is 170 Å². The molecule has 0 spiro atoms. The highest BCUT2D eigenvalue weighted by Crippen LogP contribution is 2.62. The van der Waals surface area contributed by atoms with Crippen LogP contribution in [0.1, 0.15) is 1.37 Å². The first kappa shape index (κ1) is 27.8. The summed E-state index contributed by atoms with van der Waals surface area (Å²) in [7, 11) is -1.38. The standard InChI is InChI=1S/C46H28N3PS/c1-3-16-30(17-4-1)43-35-23-11-13-25-37(35)47-46(48-43)49-44-41(33-21-9-10-22-34(33)45-42(44)36-24-12-14-26-39(36)51-45)40-32-20-8-7-15-29(32)27-28-38(40)50(49)31-18-5-2-6-19-31/h1-28H/i28D. The van der Waals surface area contributed by atoms with Gasteiger partial charge >= 0.3 is 0 Å². The molecule has 0 saturated heterocycles. The molecule has 0 bridgehead atoms. The van der Waals surface area contributed by atoms with Crippen LogP contribution in [0.4, 0.5) is 11.6 Å². The lowest BCUT2D eigenvalue weighted by Crippen LogP contribution is -2.31. The molecule has 10 aromatic rings. The van der Waals surface area contributed by atoms with Gasteiger partial charge in [-0.15, -0.1) is 11.3 Å². The van der Waals surface area contributed by atoms with Gasteiger partial charge in [0.25, 0.3) is 0 Å². The number of anilines is 2. The Hall–Kier alpha value is -5.93. The van der Waals surface area contributed by atoms with Gasteiger partial charge < -0.3 is 0 Å². The van der Waals surface area contributed by atoms with Crippen molar-refractivity contribution in [3.63, 3.8) is 0 Å². The van der Waals surface area contributed by atoms with Gasteiger partial charge in [0, 0.05) is 58.2 Å². The summed E-state index contributed by atoms with van der Waals surface area (Å²) in [4.78, 5) is 11.0. The number of hydrogen-bond acceptors (Lipinski definition) is 4. The fourth-order valence-electron chi connectivity index (χ4n) is 7.88. The average Bonchev–Trinajstić information content (AvgIpc) is 3.60. The second-order valence-electron chi connectivity index (χ2n) is 12.9. The zero-order valence-electron chi connectivity index (χ0n) is 28.3. The molecule has 8 aromatic carbocycles. The lowest BCUT2D eigenvalue weighted by atomic mass is 9.90. The van der Waals surface area contributed by atoms with Crippen molar-refractivity contribution in [1.82, 2.24) is 9.97 Å². The van der Waals surface area contributed by atoms with Crippen LogP contribution < -0.4 is 15.3 Å². The number of nitrogens with zero attached hydrogens (tertiary/aromatic N) is 3. The molecule has 3 nitrogen and oxygen atoms in total. The topological polar surface area (TPSA) is 29.0 Å². The molecule has 1 aliphatic rings. The zero-order valence-corrected chi connectivity index (χ0v) is 29.0. The predicted molar refractivity (Wildman–Crippen MR) is 220 cm³/mol. The van der Waals surface area contributed by atoms with Gasteiger partial charge in [-0.3, -0.25) is 4.67 Å². The molecule has 0 aliphatic carbocycles. The minimum Gasteiger partial charge on any atom is -0.279 e. The Morgan fingerprint density at radius 3 is 2.02 bits per heavy atom. The van der Waals surface area contributed by atoms with E-state index < -0.39 is 8.07 Å². The quantitative estimate of drug-likeness (QED) is 0.173. The summed E-state index contributed by atoms with van der Waals surface area (Å²) < 4.78 is 14.8. The number of aromatic nitrogens is 2. The maximum Gasteiger partial charge on any atom is 0.235 e. The highest BCUT2D eigenvalue weighted by molar-refractivity contribution is 7.75. The van der Waals surface area contributed by atoms with Crippen LogP contribution in [-0.2, 0) is 0 Å². The number of benzene rings is 8. The van der Waals surface area contributed by atoms with E-state index in [4.69, 9.17) is 9.97 Å². The maximum atomic E-state index is 9.84. The highest BCUT2D eigenvalue weighted by Gasteiger charge is 2.39. The van der Waals surface area contributed by atoms with E-state index >= 15 is 0 Å². The molecule has 0 saturated carbocycles. The minimum absolute atomic E-state index is 0.530. The summed E-state index contributed by atoms with van der Waals surface area (Å²) in [6.07, 6.45) is 0. The maximum absolute atomic E-state index is 9.84. The first-order chi connectivity index (χ1) is 25.7. The fourth-order valence-corrected chi connectivity index (χ4v) is 11.6. The van der Waals surface area contributed by atoms with E-state index in [1.54, 1.807) is 0 Å². The number of para-hydroxylation sites is 1. The molecular formula is C46H28N3PS. The minimum atomic E-state index is -1.38. The summed E-state index contributed by atoms with van der Waals surface area (Å²) in [5, 5.41) is 10.2. The molecule has 5 heteroatoms. The third kappa shape index (κ3) is 4.28. The number of hydrogen-bond donors (Lipinski definition) is 0. The Balaban J connectivity index is 1.40. The van der Waals surface area contributed by atoms with E-state index in [-0.39, 0.29) is 0 Å². The molecule has 11 rings (SSSR count). The largest absolute Gasteiger partial charge is 0.279 e. The van der Waals surface area contributed by atoms with Gasteiger partial charge in [0.15, 0.2) is 0 Å². The summed E-state index contributed by atoms with van der Waals surface area (Å²) in [5.74, 6) is 0.638. The van der Waals surface area contributed by atoms with Crippen LogP contribution in [0, 0.1) is 0 Å². The molecule has 3 heterocycles. The van der Waals surface area contributed by atoms with Crippen LogP contribution in [0.3, 0.4) is 0 Å². The molecular weight excluding hydrogens is 658 g/mol. The smallest absolute Gasteiger partial charge is 0.235 e. The molecule has 238 valence electrons. The summed E-state index contributed by atoms with van der Waals surface area (Å²) in [5.41, 5.74) is 6.22. The van der Waals surface area contributed by atoms with Crippen molar-refractivity contribution in [2.24, 2.45) is 0 Å². The Labute approximate surface area is 301 Å². The lowest BCUT2D eigenvalue weighted by Gasteiger charge is -2.40. The van der Waals surface area contributed by atoms with Crippen molar-refractivity contribution in [3.05, 3.63) is 170 Å². The first-order valence-electron chi connectivity index (χ1n) is 17.6. The summed E-state index contributed by atoms with van der Waals surface area (Å²) in [6.45, 7) is 0. The third-order valence-corrected chi connectivity index (χ3v) is 13.6. The van der Waals surface area contributed by atoms with Gasteiger partial charge in [0.1, 0.15) is 0 Å². The Morgan fingerprint density at radius 1 is 0.549 bits per heavy atom. The normalized spacial score (nSPS) is 14.3. The fraction of sp³-hybridized carbons (Fsp3) is 0. The van der Waals surface area contributed by atoms with Crippen molar-refractivity contribution in [2.45, 2.75) is 0 Å². The van der Waals surface area contributed by atoms with E-state index in [9.17, 15) is 1.37 Å². The van der Waals surface area contributed by atoms with Crippen LogP contribution in [0.2, 0.25) is 0 Å². The van der Waals surface area contributed by atoms with E-state index in [0.29, 0.717) is 12.0 Å². The monoisotopic (exact) mass is 686 g/mol. The molecule has 0 amide bonds. The van der Waals surface area contributed by atoms with Gasteiger partial charge in [-0.25, -0.2) is 9.97 Å². The number of thiophene rings is 1. The van der Waals surface area contributed by atoms with Crippen molar-refractivity contribution >= 4 is 94.3 Å². The van der Waals surface area contributed by atoms with Crippen molar-refractivity contribution in [2.75, 3.05) is 4.67 Å². The molecule has 0 radical (unpaired) electrons. The van der Waals surface area contributed by atoms with Gasteiger partial charge in [0.2, 0.25) is 5.95 Å². The summed E-state index contributed by atoms with van der Waals surface area (Å²) >= 11 is 1.85. The number of rotatable bonds is 3. The SMILES string of the molecule is [2H]c1cc2ccccc2c2c1P(c1ccccc1)N(c1nc(-c3ccccc3)c3ccccc3n1)c1c-2c2ccccc2c2sc3ccccc3c12. The molecule has 0 N–H and O–H groups in total. The molecule has 1 unspecified atom stereocenters. The predicted octanol–water partition coefficient (Wildman–Crippen LogP) is 12.1. The average molecular weight is 687 g/mol. The third-order valence-electron chi connectivity index (χ3n) is 10.0. The van der Waals surface area contributed by atoms with E-state index in [1.165, 1.54) is 30.9 Å². The molecule has 2 aromatic heterocycles.